The summed E-state index contributed by atoms with van der Waals surface area (Å²) in [7, 11) is -1.18. The fourth-order valence-corrected chi connectivity index (χ4v) is 4.80. The molecule has 0 unspecified atom stereocenters. The number of anilines is 2. The van der Waals surface area contributed by atoms with Gasteiger partial charge in [-0.3, -0.25) is 9.78 Å². The zero-order valence-electron chi connectivity index (χ0n) is 17.4. The molecule has 1 aromatic carbocycles. The minimum Gasteiger partial charge on any atom is -0.370 e. The Morgan fingerprint density at radius 2 is 1.97 bits per heavy atom. The summed E-state index contributed by atoms with van der Waals surface area (Å²) in [6.07, 6.45) is 6.80. The van der Waals surface area contributed by atoms with Crippen LogP contribution in [0.4, 0.5) is 11.4 Å². The maximum atomic E-state index is 12.8. The second-order valence-electron chi connectivity index (χ2n) is 7.55. The number of aromatic nitrogens is 1. The molecule has 1 fully saturated rings. The molecule has 0 spiro atoms. The van der Waals surface area contributed by atoms with E-state index in [2.05, 4.69) is 15.2 Å². The number of rotatable bonds is 6. The van der Waals surface area contributed by atoms with Crippen molar-refractivity contribution >= 4 is 38.9 Å². The van der Waals surface area contributed by atoms with Gasteiger partial charge in [-0.25, -0.2) is 12.7 Å². The van der Waals surface area contributed by atoms with Gasteiger partial charge in [-0.05, 0) is 49.1 Å². The largest absolute Gasteiger partial charge is 0.370 e. The van der Waals surface area contributed by atoms with Gasteiger partial charge in [0.2, 0.25) is 10.0 Å². The Kier molecular flexibility index (Phi) is 7.00. The molecule has 0 radical (unpaired) electrons. The van der Waals surface area contributed by atoms with Gasteiger partial charge in [0.05, 0.1) is 30.0 Å². The van der Waals surface area contributed by atoms with Crippen molar-refractivity contribution in [2.75, 3.05) is 36.6 Å². The van der Waals surface area contributed by atoms with Gasteiger partial charge in [0.15, 0.2) is 0 Å². The summed E-state index contributed by atoms with van der Waals surface area (Å²) in [5.41, 5.74) is 2.96. The van der Waals surface area contributed by atoms with Crippen LogP contribution in [0.1, 0.15) is 35.7 Å². The van der Waals surface area contributed by atoms with Gasteiger partial charge in [-0.2, -0.15) is 0 Å². The predicted molar refractivity (Wildman–Crippen MR) is 121 cm³/mol. The summed E-state index contributed by atoms with van der Waals surface area (Å²) < 4.78 is 24.9. The van der Waals surface area contributed by atoms with Gasteiger partial charge in [-0.15, -0.1) is 0 Å². The van der Waals surface area contributed by atoms with E-state index in [0.717, 1.165) is 24.1 Å². The van der Waals surface area contributed by atoms with Gasteiger partial charge in [0, 0.05) is 36.8 Å². The zero-order valence-corrected chi connectivity index (χ0v) is 19.0. The molecule has 1 aliphatic heterocycles. The van der Waals surface area contributed by atoms with Crippen LogP contribution >= 0.6 is 11.6 Å². The highest BCUT2D eigenvalue weighted by Gasteiger charge is 2.27. The summed E-state index contributed by atoms with van der Waals surface area (Å²) in [5.74, 6) is -0.202. The number of nitrogens with one attached hydrogen (secondary N) is 1. The van der Waals surface area contributed by atoms with Crippen LogP contribution < -0.4 is 10.2 Å². The Morgan fingerprint density at radius 1 is 1.27 bits per heavy atom. The predicted octanol–water partition coefficient (Wildman–Crippen LogP) is 3.41. The van der Waals surface area contributed by atoms with Crippen LogP contribution in [0, 0.1) is 0 Å². The van der Waals surface area contributed by atoms with E-state index in [4.69, 9.17) is 11.6 Å². The molecule has 0 saturated carbocycles. The highest BCUT2D eigenvalue weighted by molar-refractivity contribution is 7.88. The SMILES string of the molecule is CCc1cc(Cl)ccc1C(=O)Nc1cncc(N(C)C2CCN(S(C)(=O)=O)CC2)c1. The standard InChI is InChI=1S/C21H27ClN4O3S/c1-4-15-11-16(22)5-6-20(15)21(27)24-17-12-19(14-23-13-17)25(2)18-7-9-26(10-8-18)30(3,28)29/h5-6,11-14,18H,4,7-10H2,1-3H3,(H,24,27). The Balaban J connectivity index is 1.70. The molecule has 9 heteroatoms. The summed E-state index contributed by atoms with van der Waals surface area (Å²) in [6.45, 7) is 3.00. The average Bonchev–Trinajstić information content (AvgIpc) is 2.72. The molecule has 1 amide bonds. The fraction of sp³-hybridized carbons (Fsp3) is 0.429. The molecular formula is C21H27ClN4O3S. The third kappa shape index (κ3) is 5.30. The first-order valence-electron chi connectivity index (χ1n) is 9.92. The molecular weight excluding hydrogens is 424 g/mol. The van der Waals surface area contributed by atoms with Crippen LogP contribution in [-0.4, -0.2) is 56.0 Å². The third-order valence-electron chi connectivity index (χ3n) is 5.52. The van der Waals surface area contributed by atoms with Crippen molar-refractivity contribution in [2.24, 2.45) is 0 Å². The number of hydrogen-bond acceptors (Lipinski definition) is 5. The maximum absolute atomic E-state index is 12.8. The summed E-state index contributed by atoms with van der Waals surface area (Å²) in [5, 5.41) is 3.53. The first-order valence-corrected chi connectivity index (χ1v) is 12.1. The van der Waals surface area contributed by atoms with Crippen molar-refractivity contribution in [2.45, 2.75) is 32.2 Å². The van der Waals surface area contributed by atoms with Crippen LogP contribution in [0.15, 0.2) is 36.7 Å². The Hall–Kier alpha value is -2.16. The summed E-state index contributed by atoms with van der Waals surface area (Å²) in [6, 6.07) is 7.34. The van der Waals surface area contributed by atoms with E-state index in [9.17, 15) is 13.2 Å². The average molecular weight is 451 g/mol. The third-order valence-corrected chi connectivity index (χ3v) is 7.06. The number of carbonyl (C=O) groups excluding carboxylic acids is 1. The van der Waals surface area contributed by atoms with E-state index in [-0.39, 0.29) is 11.9 Å². The maximum Gasteiger partial charge on any atom is 0.255 e. The highest BCUT2D eigenvalue weighted by atomic mass is 35.5. The number of sulfonamides is 1. The molecule has 30 heavy (non-hydrogen) atoms. The summed E-state index contributed by atoms with van der Waals surface area (Å²) >= 11 is 6.04. The van der Waals surface area contributed by atoms with Crippen LogP contribution in [0.5, 0.6) is 0 Å². The van der Waals surface area contributed by atoms with Crippen LogP contribution in [0.2, 0.25) is 5.02 Å². The van der Waals surface area contributed by atoms with Crippen molar-refractivity contribution in [3.05, 3.63) is 52.8 Å². The molecule has 0 aliphatic carbocycles. The molecule has 1 saturated heterocycles. The number of halogens is 1. The number of piperidine rings is 1. The minimum absolute atomic E-state index is 0.202. The molecule has 1 N–H and O–H groups in total. The summed E-state index contributed by atoms with van der Waals surface area (Å²) in [4.78, 5) is 19.1. The molecule has 2 heterocycles. The van der Waals surface area contributed by atoms with Gasteiger partial charge in [-0.1, -0.05) is 18.5 Å². The van der Waals surface area contributed by atoms with Crippen molar-refractivity contribution in [3.8, 4) is 0 Å². The Labute approximate surface area is 183 Å². The Bertz CT molecular complexity index is 1020. The number of amides is 1. The lowest BCUT2D eigenvalue weighted by Crippen LogP contribution is -2.45. The Morgan fingerprint density at radius 3 is 2.60 bits per heavy atom. The zero-order chi connectivity index (χ0) is 21.9. The van der Waals surface area contributed by atoms with Gasteiger partial charge >= 0.3 is 0 Å². The number of carbonyl (C=O) groups is 1. The second kappa shape index (κ2) is 9.32. The molecule has 0 atom stereocenters. The van der Waals surface area contributed by atoms with E-state index < -0.39 is 10.0 Å². The molecule has 3 rings (SSSR count). The number of nitrogens with zero attached hydrogens (tertiary/aromatic N) is 3. The van der Waals surface area contributed by atoms with E-state index in [1.54, 1.807) is 24.5 Å². The van der Waals surface area contributed by atoms with Gasteiger partial charge in [0.1, 0.15) is 0 Å². The molecule has 1 aromatic heterocycles. The van der Waals surface area contributed by atoms with Crippen molar-refractivity contribution in [1.82, 2.24) is 9.29 Å². The lowest BCUT2D eigenvalue weighted by atomic mass is 10.0. The first-order chi connectivity index (χ1) is 14.2. The lowest BCUT2D eigenvalue weighted by Gasteiger charge is -2.36. The second-order valence-corrected chi connectivity index (χ2v) is 9.96. The van der Waals surface area contributed by atoms with E-state index >= 15 is 0 Å². The van der Waals surface area contributed by atoms with Crippen LogP contribution in [-0.2, 0) is 16.4 Å². The molecule has 0 bridgehead atoms. The number of hydrogen-bond donors (Lipinski definition) is 1. The normalized spacial score (nSPS) is 15.7. The van der Waals surface area contributed by atoms with Crippen molar-refractivity contribution < 1.29 is 13.2 Å². The fourth-order valence-electron chi connectivity index (χ4n) is 3.74. The molecule has 1 aliphatic rings. The first kappa shape index (κ1) is 22.5. The quantitative estimate of drug-likeness (QED) is 0.729. The van der Waals surface area contributed by atoms with Gasteiger partial charge in [0.25, 0.3) is 5.91 Å². The van der Waals surface area contributed by atoms with Crippen molar-refractivity contribution in [3.63, 3.8) is 0 Å². The van der Waals surface area contributed by atoms with Crippen molar-refractivity contribution in [1.29, 1.82) is 0 Å². The van der Waals surface area contributed by atoms with E-state index in [0.29, 0.717) is 35.8 Å². The lowest BCUT2D eigenvalue weighted by molar-refractivity contribution is 0.102. The topological polar surface area (TPSA) is 82.6 Å². The molecule has 162 valence electrons. The number of aryl methyl sites for hydroxylation is 1. The van der Waals surface area contributed by atoms with E-state index in [1.165, 1.54) is 10.6 Å². The smallest absolute Gasteiger partial charge is 0.255 e. The van der Waals surface area contributed by atoms with Crippen LogP contribution in [0.25, 0.3) is 0 Å². The molecule has 2 aromatic rings. The number of benzene rings is 1. The van der Waals surface area contributed by atoms with Crippen LogP contribution in [0.3, 0.4) is 0 Å². The monoisotopic (exact) mass is 450 g/mol. The highest BCUT2D eigenvalue weighted by Crippen LogP contribution is 2.25. The molecule has 7 nitrogen and oxygen atoms in total. The van der Waals surface area contributed by atoms with Gasteiger partial charge < -0.3 is 10.2 Å². The number of pyridine rings is 1. The minimum atomic E-state index is -3.15. The van der Waals surface area contributed by atoms with E-state index in [1.807, 2.05) is 26.1 Å².